The van der Waals surface area contributed by atoms with Crippen molar-refractivity contribution < 1.29 is 9.21 Å². The fourth-order valence-corrected chi connectivity index (χ4v) is 1.89. The van der Waals surface area contributed by atoms with Crippen LogP contribution in [0.2, 0.25) is 0 Å². The van der Waals surface area contributed by atoms with Crippen LogP contribution in [0.15, 0.2) is 41.0 Å². The van der Waals surface area contributed by atoms with Crippen molar-refractivity contribution in [1.29, 1.82) is 0 Å². The van der Waals surface area contributed by atoms with Crippen LogP contribution in [0.4, 0.5) is 0 Å². The maximum absolute atomic E-state index is 12.1. The third-order valence-corrected chi connectivity index (χ3v) is 2.92. The van der Waals surface area contributed by atoms with E-state index in [1.54, 1.807) is 29.2 Å². The largest absolute Gasteiger partial charge is 0.465 e. The lowest BCUT2D eigenvalue weighted by atomic mass is 10.1. The van der Waals surface area contributed by atoms with Crippen LogP contribution in [-0.2, 0) is 7.05 Å². The Labute approximate surface area is 112 Å². The van der Waals surface area contributed by atoms with Gasteiger partial charge in [0, 0.05) is 12.7 Å². The second kappa shape index (κ2) is 5.52. The van der Waals surface area contributed by atoms with Gasteiger partial charge in [-0.15, -0.1) is 0 Å². The molecule has 19 heavy (non-hydrogen) atoms. The summed E-state index contributed by atoms with van der Waals surface area (Å²) in [7, 11) is 1.83. The predicted octanol–water partition coefficient (Wildman–Crippen LogP) is 3.08. The molecular formula is C15H16N2O2. The van der Waals surface area contributed by atoms with Crippen LogP contribution in [0.25, 0.3) is 6.08 Å². The molecule has 0 N–H and O–H groups in total. The molecule has 0 aromatic carbocycles. The van der Waals surface area contributed by atoms with Gasteiger partial charge in [0.2, 0.25) is 0 Å². The van der Waals surface area contributed by atoms with Gasteiger partial charge in [-0.05, 0) is 38.1 Å². The third-order valence-electron chi connectivity index (χ3n) is 2.92. The van der Waals surface area contributed by atoms with Crippen LogP contribution in [0.5, 0.6) is 0 Å². The summed E-state index contributed by atoms with van der Waals surface area (Å²) in [5.41, 5.74) is 2.30. The Morgan fingerprint density at radius 3 is 2.74 bits per heavy atom. The number of ketones is 1. The lowest BCUT2D eigenvalue weighted by Gasteiger charge is -1.95. The van der Waals surface area contributed by atoms with Gasteiger partial charge >= 0.3 is 0 Å². The highest BCUT2D eigenvalue weighted by atomic mass is 16.3. The molecule has 0 aliphatic carbocycles. The van der Waals surface area contributed by atoms with Gasteiger partial charge < -0.3 is 4.42 Å². The van der Waals surface area contributed by atoms with Crippen LogP contribution in [0.1, 0.15) is 27.5 Å². The summed E-state index contributed by atoms with van der Waals surface area (Å²) < 4.78 is 6.87. The zero-order valence-electron chi connectivity index (χ0n) is 11.3. The van der Waals surface area contributed by atoms with Crippen molar-refractivity contribution in [1.82, 2.24) is 9.78 Å². The maximum Gasteiger partial charge on any atom is 0.189 e. The van der Waals surface area contributed by atoms with Gasteiger partial charge in [0.15, 0.2) is 5.78 Å². The molecule has 0 saturated heterocycles. The fourth-order valence-electron chi connectivity index (χ4n) is 1.89. The van der Waals surface area contributed by atoms with Crippen molar-refractivity contribution in [3.8, 4) is 0 Å². The number of carbonyl (C=O) groups excluding carboxylic acids is 1. The molecule has 2 rings (SSSR count). The maximum atomic E-state index is 12.1. The predicted molar refractivity (Wildman–Crippen MR) is 73.9 cm³/mol. The molecule has 0 aliphatic heterocycles. The lowest BCUT2D eigenvalue weighted by Crippen LogP contribution is -1.99. The van der Waals surface area contributed by atoms with Gasteiger partial charge in [0.25, 0.3) is 0 Å². The number of rotatable bonds is 4. The molecule has 0 unspecified atom stereocenters. The summed E-state index contributed by atoms with van der Waals surface area (Å²) in [6.07, 6.45) is 8.43. The summed E-state index contributed by atoms with van der Waals surface area (Å²) in [6, 6.07) is 3.67. The standard InChI is InChI=1S/C15H16N2O2/c1-11-15(12(2)17(3)16-11)14(18)9-5-4-7-13-8-6-10-19-13/h4-10H,1-3H3/b7-4+,9-5+. The van der Waals surface area contributed by atoms with E-state index in [1.807, 2.05) is 33.0 Å². The highest BCUT2D eigenvalue weighted by molar-refractivity contribution is 6.06. The normalized spacial score (nSPS) is 11.7. The van der Waals surface area contributed by atoms with Gasteiger partial charge in [0.1, 0.15) is 5.76 Å². The Morgan fingerprint density at radius 1 is 1.37 bits per heavy atom. The molecule has 4 nitrogen and oxygen atoms in total. The second-order valence-electron chi connectivity index (χ2n) is 4.27. The van der Waals surface area contributed by atoms with Crippen molar-refractivity contribution in [2.75, 3.05) is 0 Å². The molecule has 2 aromatic heterocycles. The van der Waals surface area contributed by atoms with E-state index < -0.39 is 0 Å². The summed E-state index contributed by atoms with van der Waals surface area (Å²) >= 11 is 0. The zero-order valence-corrected chi connectivity index (χ0v) is 11.3. The molecule has 0 atom stereocenters. The van der Waals surface area contributed by atoms with Gasteiger partial charge in [-0.25, -0.2) is 0 Å². The van der Waals surface area contributed by atoms with Crippen molar-refractivity contribution in [2.45, 2.75) is 13.8 Å². The van der Waals surface area contributed by atoms with E-state index in [4.69, 9.17) is 4.42 Å². The minimum Gasteiger partial charge on any atom is -0.465 e. The molecule has 0 amide bonds. The second-order valence-corrected chi connectivity index (χ2v) is 4.27. The highest BCUT2D eigenvalue weighted by Gasteiger charge is 2.14. The van der Waals surface area contributed by atoms with Crippen LogP contribution in [0, 0.1) is 13.8 Å². The average Bonchev–Trinajstić information content (AvgIpc) is 2.95. The molecule has 0 radical (unpaired) electrons. The Morgan fingerprint density at radius 2 is 2.16 bits per heavy atom. The molecule has 0 aliphatic rings. The lowest BCUT2D eigenvalue weighted by molar-refractivity contribution is 0.104. The van der Waals surface area contributed by atoms with E-state index in [1.165, 1.54) is 6.08 Å². The number of furan rings is 1. The molecule has 98 valence electrons. The van der Waals surface area contributed by atoms with Crippen LogP contribution >= 0.6 is 0 Å². The van der Waals surface area contributed by atoms with E-state index in [0.717, 1.165) is 17.1 Å². The summed E-state index contributed by atoms with van der Waals surface area (Å²) in [5, 5.41) is 4.23. The summed E-state index contributed by atoms with van der Waals surface area (Å²) in [6.45, 7) is 3.73. The number of hydrogen-bond donors (Lipinski definition) is 0. The number of aryl methyl sites for hydroxylation is 2. The minimum atomic E-state index is -0.0350. The van der Waals surface area contributed by atoms with Crippen LogP contribution < -0.4 is 0 Å². The third kappa shape index (κ3) is 2.91. The molecule has 2 aromatic rings. The van der Waals surface area contributed by atoms with Crippen LogP contribution in [-0.4, -0.2) is 15.6 Å². The molecule has 0 fully saturated rings. The quantitative estimate of drug-likeness (QED) is 0.480. The van der Waals surface area contributed by atoms with E-state index in [0.29, 0.717) is 5.56 Å². The first-order chi connectivity index (χ1) is 9.09. The topological polar surface area (TPSA) is 48.0 Å². The monoisotopic (exact) mass is 256 g/mol. The number of nitrogens with zero attached hydrogens (tertiary/aromatic N) is 2. The minimum absolute atomic E-state index is 0.0350. The molecule has 0 saturated carbocycles. The Balaban J connectivity index is 2.09. The van der Waals surface area contributed by atoms with Crippen LogP contribution in [0.3, 0.4) is 0 Å². The Kier molecular flexibility index (Phi) is 3.80. The average molecular weight is 256 g/mol. The molecule has 0 spiro atoms. The van der Waals surface area contributed by atoms with Crippen molar-refractivity contribution in [3.05, 3.63) is 59.3 Å². The van der Waals surface area contributed by atoms with E-state index in [-0.39, 0.29) is 5.78 Å². The smallest absolute Gasteiger partial charge is 0.189 e. The van der Waals surface area contributed by atoms with E-state index >= 15 is 0 Å². The Bertz CT molecular complexity index is 631. The summed E-state index contributed by atoms with van der Waals surface area (Å²) in [4.78, 5) is 12.1. The van der Waals surface area contributed by atoms with Crippen molar-refractivity contribution in [3.63, 3.8) is 0 Å². The molecule has 0 bridgehead atoms. The fraction of sp³-hybridized carbons (Fsp3) is 0.200. The van der Waals surface area contributed by atoms with E-state index in [2.05, 4.69) is 5.10 Å². The van der Waals surface area contributed by atoms with Gasteiger partial charge in [-0.2, -0.15) is 5.10 Å². The van der Waals surface area contributed by atoms with E-state index in [9.17, 15) is 4.79 Å². The first-order valence-corrected chi connectivity index (χ1v) is 6.02. The first kappa shape index (κ1) is 13.1. The number of aromatic nitrogens is 2. The number of hydrogen-bond acceptors (Lipinski definition) is 3. The SMILES string of the molecule is Cc1nn(C)c(C)c1C(=O)/C=C/C=C/c1ccco1. The van der Waals surface area contributed by atoms with Gasteiger partial charge in [-0.3, -0.25) is 9.48 Å². The molecule has 4 heteroatoms. The molecule has 2 heterocycles. The van der Waals surface area contributed by atoms with Gasteiger partial charge in [-0.1, -0.05) is 12.2 Å². The number of carbonyl (C=O) groups is 1. The zero-order chi connectivity index (χ0) is 13.8. The van der Waals surface area contributed by atoms with Crippen molar-refractivity contribution >= 4 is 11.9 Å². The molecular weight excluding hydrogens is 240 g/mol. The van der Waals surface area contributed by atoms with Gasteiger partial charge in [0.05, 0.1) is 17.5 Å². The first-order valence-electron chi connectivity index (χ1n) is 6.02. The number of allylic oxidation sites excluding steroid dienone is 3. The Hall–Kier alpha value is -2.36. The van der Waals surface area contributed by atoms with Crippen molar-refractivity contribution in [2.24, 2.45) is 7.05 Å². The summed E-state index contributed by atoms with van der Waals surface area (Å²) in [5.74, 6) is 0.720. The highest BCUT2D eigenvalue weighted by Crippen LogP contribution is 2.13.